The molecule has 0 unspecified atom stereocenters. The van der Waals surface area contributed by atoms with E-state index in [9.17, 15) is 9.59 Å². The van der Waals surface area contributed by atoms with Crippen molar-refractivity contribution in [2.24, 2.45) is 11.8 Å². The number of hydrogen-bond acceptors (Lipinski definition) is 6. The van der Waals surface area contributed by atoms with Gasteiger partial charge in [0.05, 0.1) is 17.3 Å². The fraction of sp³-hybridized carbons (Fsp3) is 0.600. The van der Waals surface area contributed by atoms with Gasteiger partial charge in [-0.1, -0.05) is 0 Å². The zero-order valence-corrected chi connectivity index (χ0v) is 22.1. The molecule has 5 N–H and O–H groups in total. The molecule has 3 saturated carbocycles. The Bertz CT molecular complexity index is 1190. The lowest BCUT2D eigenvalue weighted by Gasteiger charge is -2.25. The third kappa shape index (κ3) is 5.36. The molecule has 2 aromatic rings. The zero-order valence-electron chi connectivity index (χ0n) is 20.5. The van der Waals surface area contributed by atoms with Gasteiger partial charge >= 0.3 is 0 Å². The molecule has 0 aliphatic heterocycles. The maximum absolute atomic E-state index is 13.2. The van der Waals surface area contributed by atoms with Crippen LogP contribution in [0.15, 0.2) is 6.07 Å². The molecule has 9 nitrogen and oxygen atoms in total. The molecular formula is C25H33N7O2S2. The summed E-state index contributed by atoms with van der Waals surface area (Å²) >= 11 is 7.14. The van der Waals surface area contributed by atoms with E-state index in [1.807, 2.05) is 17.7 Å². The molecule has 0 saturated heterocycles. The molecule has 36 heavy (non-hydrogen) atoms. The van der Waals surface area contributed by atoms with Crippen molar-refractivity contribution in [1.82, 2.24) is 25.8 Å². The maximum atomic E-state index is 13.2. The number of thiocarbonyl (C=S) groups is 1. The van der Waals surface area contributed by atoms with Crippen molar-refractivity contribution in [3.63, 3.8) is 0 Å². The molecule has 2 aromatic heterocycles. The summed E-state index contributed by atoms with van der Waals surface area (Å²) in [5.74, 6) is 1.57. The van der Waals surface area contributed by atoms with E-state index in [4.69, 9.17) is 12.2 Å². The van der Waals surface area contributed by atoms with Gasteiger partial charge in [-0.15, -0.1) is 11.3 Å². The van der Waals surface area contributed by atoms with Crippen molar-refractivity contribution < 1.29 is 9.59 Å². The van der Waals surface area contributed by atoms with E-state index in [1.165, 1.54) is 17.7 Å². The Hall–Kier alpha value is -2.66. The summed E-state index contributed by atoms with van der Waals surface area (Å²) in [4.78, 5) is 27.0. The largest absolute Gasteiger partial charge is 0.358 e. The van der Waals surface area contributed by atoms with Crippen LogP contribution >= 0.6 is 23.6 Å². The van der Waals surface area contributed by atoms with Crippen LogP contribution < -0.4 is 26.8 Å². The Kier molecular flexibility index (Phi) is 6.37. The van der Waals surface area contributed by atoms with Crippen molar-refractivity contribution in [1.29, 1.82) is 0 Å². The second-order valence-corrected chi connectivity index (χ2v) is 12.1. The number of aromatic nitrogens is 2. The molecule has 0 aromatic carbocycles. The third-order valence-electron chi connectivity index (χ3n) is 7.31. The highest BCUT2D eigenvalue weighted by Crippen LogP contribution is 2.40. The van der Waals surface area contributed by atoms with E-state index in [0.717, 1.165) is 55.6 Å². The average molecular weight is 528 g/mol. The van der Waals surface area contributed by atoms with Crippen molar-refractivity contribution in [3.05, 3.63) is 27.8 Å². The molecule has 4 aliphatic carbocycles. The van der Waals surface area contributed by atoms with Crippen molar-refractivity contribution in [3.8, 4) is 0 Å². The Balaban J connectivity index is 1.12. The van der Waals surface area contributed by atoms with Crippen LogP contribution in [0, 0.1) is 18.8 Å². The number of nitrogens with one attached hydrogen (secondary N) is 5. The zero-order chi connectivity index (χ0) is 24.8. The molecule has 4 aliphatic rings. The number of amides is 2. The first kappa shape index (κ1) is 23.7. The van der Waals surface area contributed by atoms with Gasteiger partial charge in [0.15, 0.2) is 5.11 Å². The van der Waals surface area contributed by atoms with E-state index in [2.05, 4.69) is 31.9 Å². The van der Waals surface area contributed by atoms with Gasteiger partial charge in [0, 0.05) is 29.4 Å². The molecule has 0 spiro atoms. The SMILES string of the molecule is Cc1cc(NNC(=S)N[C@H]2CCc3sc(NC(=O)C4CC4)c(C(=O)NCC4CC4)c3C2)n(C2CC2)n1. The minimum atomic E-state index is -0.0720. The van der Waals surface area contributed by atoms with Gasteiger partial charge in [-0.2, -0.15) is 5.10 Å². The number of rotatable bonds is 9. The van der Waals surface area contributed by atoms with Gasteiger partial charge in [-0.3, -0.25) is 20.4 Å². The number of nitrogens with zero attached hydrogens (tertiary/aromatic N) is 2. The number of hydrogen-bond donors (Lipinski definition) is 5. The summed E-state index contributed by atoms with van der Waals surface area (Å²) in [6.07, 6.45) is 9.00. The van der Waals surface area contributed by atoms with Crippen LogP contribution in [0.4, 0.5) is 10.8 Å². The van der Waals surface area contributed by atoms with Gasteiger partial charge in [0.2, 0.25) is 5.91 Å². The monoisotopic (exact) mass is 527 g/mol. The number of fused-ring (bicyclic) bond motifs is 1. The average Bonchev–Trinajstić information content (AvgIpc) is 3.72. The fourth-order valence-electron chi connectivity index (χ4n) is 4.79. The number of anilines is 2. The normalized spacial score (nSPS) is 20.9. The number of carbonyl (C=O) groups excluding carboxylic acids is 2. The molecule has 0 bridgehead atoms. The van der Waals surface area contributed by atoms with Gasteiger partial charge < -0.3 is 16.0 Å². The summed E-state index contributed by atoms with van der Waals surface area (Å²) in [6.45, 7) is 2.69. The first-order valence-corrected chi connectivity index (χ1v) is 14.3. The number of carbonyl (C=O) groups is 2. The van der Waals surface area contributed by atoms with Crippen molar-refractivity contribution in [2.75, 3.05) is 17.3 Å². The Morgan fingerprint density at radius 1 is 1.17 bits per heavy atom. The summed E-state index contributed by atoms with van der Waals surface area (Å²) < 4.78 is 2.02. The van der Waals surface area contributed by atoms with E-state index < -0.39 is 0 Å². The quantitative estimate of drug-likeness (QED) is 0.251. The second-order valence-electron chi connectivity index (χ2n) is 10.6. The highest BCUT2D eigenvalue weighted by Gasteiger charge is 2.34. The molecule has 6 rings (SSSR count). The lowest BCUT2D eigenvalue weighted by Crippen LogP contribution is -2.46. The molecule has 2 amide bonds. The van der Waals surface area contributed by atoms with Crippen LogP contribution in [0.25, 0.3) is 0 Å². The molecule has 3 fully saturated rings. The van der Waals surface area contributed by atoms with Crippen LogP contribution in [0.1, 0.15) is 77.5 Å². The van der Waals surface area contributed by atoms with Crippen LogP contribution in [0.2, 0.25) is 0 Å². The van der Waals surface area contributed by atoms with Gasteiger partial charge in [0.1, 0.15) is 10.8 Å². The minimum Gasteiger partial charge on any atom is -0.358 e. The Morgan fingerprint density at radius 2 is 1.97 bits per heavy atom. The third-order valence-corrected chi connectivity index (χ3v) is 8.74. The smallest absolute Gasteiger partial charge is 0.254 e. The number of thiophene rings is 1. The molecule has 0 radical (unpaired) electrons. The summed E-state index contributed by atoms with van der Waals surface area (Å²) in [5, 5.41) is 15.4. The molecule has 11 heteroatoms. The lowest BCUT2D eigenvalue weighted by molar-refractivity contribution is -0.117. The minimum absolute atomic E-state index is 0.0386. The van der Waals surface area contributed by atoms with Crippen LogP contribution in [-0.2, 0) is 17.6 Å². The fourth-order valence-corrected chi connectivity index (χ4v) is 6.25. The van der Waals surface area contributed by atoms with E-state index >= 15 is 0 Å². The van der Waals surface area contributed by atoms with Gasteiger partial charge in [-0.05, 0) is 88.4 Å². The van der Waals surface area contributed by atoms with Gasteiger partial charge in [0.25, 0.3) is 5.91 Å². The summed E-state index contributed by atoms with van der Waals surface area (Å²) in [5.41, 5.74) is 8.98. The van der Waals surface area contributed by atoms with Gasteiger partial charge in [-0.25, -0.2) is 4.68 Å². The van der Waals surface area contributed by atoms with Crippen LogP contribution in [0.5, 0.6) is 0 Å². The highest BCUT2D eigenvalue weighted by molar-refractivity contribution is 7.80. The molecule has 192 valence electrons. The standard InChI is InChI=1S/C25H33N7O2S2/c1-13-10-20(32(31-13)17-7-8-17)29-30-25(35)27-16-6-9-19-18(11-16)21(23(34)26-12-14-2-3-14)24(36-19)28-22(33)15-4-5-15/h10,14-17,29H,2-9,11-12H2,1H3,(H,26,34)(H,28,33)(H2,27,30,35)/t16-/m0/s1. The highest BCUT2D eigenvalue weighted by atomic mass is 32.1. The van der Waals surface area contributed by atoms with Crippen molar-refractivity contribution >= 4 is 51.3 Å². The first-order chi connectivity index (χ1) is 17.4. The first-order valence-electron chi connectivity index (χ1n) is 13.1. The Morgan fingerprint density at radius 3 is 2.69 bits per heavy atom. The molecular weight excluding hydrogens is 494 g/mol. The number of aryl methyl sites for hydroxylation is 2. The Labute approximate surface area is 220 Å². The molecule has 1 atom stereocenters. The van der Waals surface area contributed by atoms with Crippen molar-refractivity contribution in [2.45, 2.75) is 76.8 Å². The topological polar surface area (TPSA) is 112 Å². The molecule has 2 heterocycles. The van der Waals surface area contributed by atoms with Crippen LogP contribution in [0.3, 0.4) is 0 Å². The number of hydrazine groups is 1. The van der Waals surface area contributed by atoms with E-state index in [1.54, 1.807) is 11.3 Å². The van der Waals surface area contributed by atoms with E-state index in [-0.39, 0.29) is 23.8 Å². The summed E-state index contributed by atoms with van der Waals surface area (Å²) in [6, 6.07) is 2.58. The maximum Gasteiger partial charge on any atom is 0.254 e. The van der Waals surface area contributed by atoms with Crippen LogP contribution in [-0.4, -0.2) is 39.3 Å². The second kappa shape index (κ2) is 9.66. The predicted octanol–water partition coefficient (Wildman–Crippen LogP) is 3.42. The lowest BCUT2D eigenvalue weighted by atomic mass is 9.91. The van der Waals surface area contributed by atoms with E-state index in [0.29, 0.717) is 40.6 Å². The predicted molar refractivity (Wildman–Crippen MR) is 144 cm³/mol. The summed E-state index contributed by atoms with van der Waals surface area (Å²) in [7, 11) is 0.